The van der Waals surface area contributed by atoms with Crippen LogP contribution < -0.4 is 0 Å². The SMILES string of the molecule is CC(C)(C)c1ccc(-c2cccc(CCC3CCCC(C(=O)O)CC3)n2)cc1C(C)(C)C. The number of carboxylic acids is 1. The summed E-state index contributed by atoms with van der Waals surface area (Å²) < 4.78 is 0. The van der Waals surface area contributed by atoms with Crippen LogP contribution in [0.25, 0.3) is 11.3 Å². The average molecular weight is 436 g/mol. The molecule has 3 heteroatoms. The molecule has 1 N–H and O–H groups in total. The van der Waals surface area contributed by atoms with Crippen molar-refractivity contribution in [2.45, 2.75) is 97.3 Å². The highest BCUT2D eigenvalue weighted by atomic mass is 16.4. The van der Waals surface area contributed by atoms with E-state index in [0.717, 1.165) is 56.3 Å². The Labute approximate surface area is 194 Å². The highest BCUT2D eigenvalue weighted by molar-refractivity contribution is 5.69. The molecule has 174 valence electrons. The third kappa shape index (κ3) is 6.21. The van der Waals surface area contributed by atoms with Gasteiger partial charge in [-0.25, -0.2) is 0 Å². The molecular weight excluding hydrogens is 394 g/mol. The van der Waals surface area contributed by atoms with Gasteiger partial charge in [-0.1, -0.05) is 72.6 Å². The van der Waals surface area contributed by atoms with E-state index in [1.165, 1.54) is 16.7 Å². The molecule has 32 heavy (non-hydrogen) atoms. The van der Waals surface area contributed by atoms with Gasteiger partial charge >= 0.3 is 5.97 Å². The first-order valence-electron chi connectivity index (χ1n) is 12.3. The van der Waals surface area contributed by atoms with E-state index in [1.807, 2.05) is 0 Å². The maximum atomic E-state index is 11.3. The van der Waals surface area contributed by atoms with Gasteiger partial charge in [0.15, 0.2) is 0 Å². The lowest BCUT2D eigenvalue weighted by atomic mass is 9.74. The molecule has 0 bridgehead atoms. The number of carbonyl (C=O) groups is 1. The number of rotatable bonds is 5. The van der Waals surface area contributed by atoms with Crippen molar-refractivity contribution in [1.82, 2.24) is 4.98 Å². The number of aromatic nitrogens is 1. The van der Waals surface area contributed by atoms with Crippen molar-refractivity contribution in [3.8, 4) is 11.3 Å². The standard InChI is InChI=1S/C29H41NO2/c1-28(2,3)24-18-16-22(19-25(24)29(4,5)6)26-12-8-11-23(30-26)17-14-20-9-7-10-21(15-13-20)27(31)32/h8,11-12,16,18-21H,7,9-10,13-15,17H2,1-6H3,(H,31,32). The van der Waals surface area contributed by atoms with Crippen LogP contribution in [0, 0.1) is 11.8 Å². The normalized spacial score (nSPS) is 20.1. The van der Waals surface area contributed by atoms with E-state index in [-0.39, 0.29) is 16.7 Å². The lowest BCUT2D eigenvalue weighted by Crippen LogP contribution is -2.22. The van der Waals surface area contributed by atoms with Crippen molar-refractivity contribution in [3.05, 3.63) is 53.2 Å². The van der Waals surface area contributed by atoms with E-state index in [0.29, 0.717) is 5.92 Å². The molecule has 0 aliphatic heterocycles. The van der Waals surface area contributed by atoms with Gasteiger partial charge in [0.05, 0.1) is 11.6 Å². The molecule has 0 saturated heterocycles. The van der Waals surface area contributed by atoms with Gasteiger partial charge in [-0.05, 0) is 78.2 Å². The molecule has 2 aromatic rings. The fourth-order valence-electron chi connectivity index (χ4n) is 5.02. The van der Waals surface area contributed by atoms with E-state index < -0.39 is 5.97 Å². The fourth-order valence-corrected chi connectivity index (χ4v) is 5.02. The Morgan fingerprint density at radius 3 is 2.31 bits per heavy atom. The summed E-state index contributed by atoms with van der Waals surface area (Å²) in [7, 11) is 0. The molecule has 3 nitrogen and oxygen atoms in total. The summed E-state index contributed by atoms with van der Waals surface area (Å²) in [6, 6.07) is 13.2. The van der Waals surface area contributed by atoms with E-state index in [4.69, 9.17) is 4.98 Å². The van der Waals surface area contributed by atoms with Crippen molar-refractivity contribution < 1.29 is 9.90 Å². The second kappa shape index (κ2) is 9.77. The van der Waals surface area contributed by atoms with Gasteiger partial charge in [-0.3, -0.25) is 9.78 Å². The van der Waals surface area contributed by atoms with Crippen LogP contribution in [0.2, 0.25) is 0 Å². The first-order valence-corrected chi connectivity index (χ1v) is 12.3. The Morgan fingerprint density at radius 2 is 1.66 bits per heavy atom. The van der Waals surface area contributed by atoms with E-state index in [2.05, 4.69) is 77.9 Å². The summed E-state index contributed by atoms with van der Waals surface area (Å²) in [6.45, 7) is 13.7. The third-order valence-corrected chi connectivity index (χ3v) is 6.98. The molecule has 1 aromatic heterocycles. The highest BCUT2D eigenvalue weighted by Gasteiger charge is 2.26. The summed E-state index contributed by atoms with van der Waals surface area (Å²) in [4.78, 5) is 16.3. The quantitative estimate of drug-likeness (QED) is 0.493. The molecule has 1 saturated carbocycles. The molecule has 1 aliphatic rings. The number of nitrogens with zero attached hydrogens (tertiary/aromatic N) is 1. The Morgan fingerprint density at radius 1 is 0.938 bits per heavy atom. The molecule has 0 amide bonds. The molecule has 2 unspecified atom stereocenters. The molecule has 1 aliphatic carbocycles. The lowest BCUT2D eigenvalue weighted by molar-refractivity contribution is -0.142. The number of pyridine rings is 1. The molecule has 0 spiro atoms. The number of aliphatic carboxylic acids is 1. The van der Waals surface area contributed by atoms with Gasteiger partial charge in [-0.2, -0.15) is 0 Å². The van der Waals surface area contributed by atoms with Crippen molar-refractivity contribution >= 4 is 5.97 Å². The largest absolute Gasteiger partial charge is 0.481 e. The summed E-state index contributed by atoms with van der Waals surface area (Å²) in [6.07, 6.45) is 6.92. The van der Waals surface area contributed by atoms with Crippen LogP contribution in [0.5, 0.6) is 0 Å². The molecule has 3 rings (SSSR count). The molecule has 1 heterocycles. The van der Waals surface area contributed by atoms with Gasteiger partial charge in [-0.15, -0.1) is 0 Å². The van der Waals surface area contributed by atoms with Crippen molar-refractivity contribution in [1.29, 1.82) is 0 Å². The van der Waals surface area contributed by atoms with E-state index in [1.54, 1.807) is 0 Å². The Bertz CT molecular complexity index is 933. The number of benzene rings is 1. The number of aryl methyl sites for hydroxylation is 1. The van der Waals surface area contributed by atoms with Crippen molar-refractivity contribution in [3.63, 3.8) is 0 Å². The Kier molecular flexibility index (Phi) is 7.47. The number of hydrogen-bond donors (Lipinski definition) is 1. The van der Waals surface area contributed by atoms with E-state index in [9.17, 15) is 9.90 Å². The molecule has 0 radical (unpaired) electrons. The van der Waals surface area contributed by atoms with Crippen LogP contribution in [0.1, 0.15) is 96.9 Å². The molecule has 1 fully saturated rings. The zero-order chi connectivity index (χ0) is 23.5. The minimum absolute atomic E-state index is 0.0730. The number of hydrogen-bond acceptors (Lipinski definition) is 2. The van der Waals surface area contributed by atoms with Crippen LogP contribution in [-0.2, 0) is 22.0 Å². The molecular formula is C29H41NO2. The Hall–Kier alpha value is -2.16. The van der Waals surface area contributed by atoms with Crippen LogP contribution in [-0.4, -0.2) is 16.1 Å². The average Bonchev–Trinajstić information content (AvgIpc) is 2.97. The maximum Gasteiger partial charge on any atom is 0.306 e. The zero-order valence-electron chi connectivity index (χ0n) is 20.9. The predicted octanol–water partition coefficient (Wildman–Crippen LogP) is 7.56. The lowest BCUT2D eigenvalue weighted by Gasteiger charge is -2.30. The summed E-state index contributed by atoms with van der Waals surface area (Å²) in [5.41, 5.74) is 6.33. The maximum absolute atomic E-state index is 11.3. The number of carboxylic acid groups (broad SMARTS) is 1. The summed E-state index contributed by atoms with van der Waals surface area (Å²) >= 11 is 0. The summed E-state index contributed by atoms with van der Waals surface area (Å²) in [5, 5.41) is 9.32. The van der Waals surface area contributed by atoms with Gasteiger partial charge in [0.2, 0.25) is 0 Å². The fraction of sp³-hybridized carbons (Fsp3) is 0.586. The predicted molar refractivity (Wildman–Crippen MR) is 133 cm³/mol. The zero-order valence-corrected chi connectivity index (χ0v) is 20.9. The van der Waals surface area contributed by atoms with Gasteiger partial charge in [0.25, 0.3) is 0 Å². The van der Waals surface area contributed by atoms with Crippen molar-refractivity contribution in [2.75, 3.05) is 0 Å². The first-order chi connectivity index (χ1) is 14.9. The van der Waals surface area contributed by atoms with E-state index >= 15 is 0 Å². The van der Waals surface area contributed by atoms with Crippen LogP contribution >= 0.6 is 0 Å². The minimum atomic E-state index is -0.618. The summed E-state index contributed by atoms with van der Waals surface area (Å²) in [5.74, 6) is -0.148. The molecule has 1 aromatic carbocycles. The van der Waals surface area contributed by atoms with Gasteiger partial charge < -0.3 is 5.11 Å². The smallest absolute Gasteiger partial charge is 0.306 e. The Balaban J connectivity index is 1.75. The van der Waals surface area contributed by atoms with Crippen LogP contribution in [0.3, 0.4) is 0 Å². The van der Waals surface area contributed by atoms with Crippen molar-refractivity contribution in [2.24, 2.45) is 11.8 Å². The van der Waals surface area contributed by atoms with Crippen LogP contribution in [0.15, 0.2) is 36.4 Å². The molecule has 2 atom stereocenters. The topological polar surface area (TPSA) is 50.2 Å². The van der Waals surface area contributed by atoms with Gasteiger partial charge in [0.1, 0.15) is 0 Å². The third-order valence-electron chi connectivity index (χ3n) is 6.98. The van der Waals surface area contributed by atoms with Crippen LogP contribution in [0.4, 0.5) is 0 Å². The second-order valence-electron chi connectivity index (χ2n) is 11.7. The minimum Gasteiger partial charge on any atom is -0.481 e. The van der Waals surface area contributed by atoms with Gasteiger partial charge in [0, 0.05) is 11.3 Å². The monoisotopic (exact) mass is 435 g/mol. The highest BCUT2D eigenvalue weighted by Crippen LogP contribution is 2.36. The first kappa shape index (κ1) is 24.5. The second-order valence-corrected chi connectivity index (χ2v) is 11.7.